The smallest absolute Gasteiger partial charge is 0.375 e. The van der Waals surface area contributed by atoms with Gasteiger partial charge in [-0.05, 0) is 19.8 Å². The Morgan fingerprint density at radius 2 is 1.95 bits per heavy atom. The molecule has 0 aliphatic carbocycles. The highest BCUT2D eigenvalue weighted by atomic mass is 19.4. The van der Waals surface area contributed by atoms with Crippen LogP contribution in [-0.4, -0.2) is 55.4 Å². The minimum atomic E-state index is -4.14. The van der Waals surface area contributed by atoms with Crippen LogP contribution in [0.25, 0.3) is 0 Å². The third kappa shape index (κ3) is 3.39. The molecule has 0 spiro atoms. The number of ether oxygens (including phenoxy) is 1. The van der Waals surface area contributed by atoms with Crippen molar-refractivity contribution < 1.29 is 22.7 Å². The number of carbonyl (C=O) groups excluding carboxylic acids is 1. The van der Waals surface area contributed by atoms with E-state index in [4.69, 9.17) is 4.74 Å². The number of hydrogen-bond donors (Lipinski definition) is 1. The predicted molar refractivity (Wildman–Crippen MR) is 62.6 cm³/mol. The largest absolute Gasteiger partial charge is 0.391 e. The van der Waals surface area contributed by atoms with E-state index in [2.05, 4.69) is 5.32 Å². The van der Waals surface area contributed by atoms with Crippen LogP contribution in [0.2, 0.25) is 0 Å². The van der Waals surface area contributed by atoms with Gasteiger partial charge in [0, 0.05) is 19.6 Å². The van der Waals surface area contributed by atoms with Gasteiger partial charge in [0.2, 0.25) is 5.91 Å². The molecule has 1 amide bonds. The number of hydrogen-bond acceptors (Lipinski definition) is 3. The third-order valence-corrected chi connectivity index (χ3v) is 3.85. The number of likely N-dealkylation sites (tertiary alicyclic amines) is 1. The second-order valence-electron chi connectivity index (χ2n) is 5.15. The zero-order valence-electron chi connectivity index (χ0n) is 10.9. The highest BCUT2D eigenvalue weighted by molar-refractivity contribution is 5.82. The zero-order chi connectivity index (χ0) is 14.0. The molecule has 2 fully saturated rings. The maximum Gasteiger partial charge on any atom is 0.391 e. The lowest BCUT2D eigenvalue weighted by Crippen LogP contribution is -2.57. The maximum absolute atomic E-state index is 12.6. The summed E-state index contributed by atoms with van der Waals surface area (Å²) in [5.74, 6) is -1.42. The number of nitrogens with zero attached hydrogens (tertiary/aromatic N) is 1. The van der Waals surface area contributed by atoms with Crippen LogP contribution in [-0.2, 0) is 9.53 Å². The van der Waals surface area contributed by atoms with Crippen molar-refractivity contribution in [2.45, 2.75) is 38.1 Å². The van der Waals surface area contributed by atoms with Gasteiger partial charge in [0.15, 0.2) is 0 Å². The Hall–Kier alpha value is -0.820. The Labute approximate surface area is 110 Å². The summed E-state index contributed by atoms with van der Waals surface area (Å²) in [6, 6.07) is -0.434. The first-order valence-corrected chi connectivity index (χ1v) is 6.60. The molecule has 0 aromatic carbocycles. The van der Waals surface area contributed by atoms with Crippen molar-refractivity contribution >= 4 is 5.91 Å². The van der Waals surface area contributed by atoms with Crippen LogP contribution in [0.4, 0.5) is 13.2 Å². The number of halogens is 3. The number of morpholine rings is 1. The van der Waals surface area contributed by atoms with Gasteiger partial charge in [0.1, 0.15) is 6.04 Å². The summed E-state index contributed by atoms with van der Waals surface area (Å²) >= 11 is 0. The summed E-state index contributed by atoms with van der Waals surface area (Å²) in [5.41, 5.74) is 0. The monoisotopic (exact) mass is 280 g/mol. The Morgan fingerprint density at radius 3 is 2.47 bits per heavy atom. The summed E-state index contributed by atoms with van der Waals surface area (Å²) < 4.78 is 43.0. The van der Waals surface area contributed by atoms with E-state index < -0.39 is 18.1 Å². The molecule has 2 rings (SSSR count). The Kier molecular flexibility index (Phi) is 4.35. The van der Waals surface area contributed by atoms with Crippen LogP contribution < -0.4 is 5.32 Å². The predicted octanol–water partition coefficient (Wildman–Crippen LogP) is 1.16. The van der Waals surface area contributed by atoms with Gasteiger partial charge in [0.05, 0.1) is 18.6 Å². The lowest BCUT2D eigenvalue weighted by Gasteiger charge is -2.37. The summed E-state index contributed by atoms with van der Waals surface area (Å²) in [7, 11) is 0. The molecule has 2 atom stereocenters. The van der Waals surface area contributed by atoms with Crippen LogP contribution in [0.5, 0.6) is 0 Å². The normalized spacial score (nSPS) is 30.4. The Morgan fingerprint density at radius 1 is 1.32 bits per heavy atom. The molecule has 4 nitrogen and oxygen atoms in total. The van der Waals surface area contributed by atoms with E-state index in [1.54, 1.807) is 6.92 Å². The topological polar surface area (TPSA) is 41.6 Å². The first-order valence-electron chi connectivity index (χ1n) is 6.60. The molecule has 2 heterocycles. The molecule has 2 aliphatic heterocycles. The van der Waals surface area contributed by atoms with E-state index in [9.17, 15) is 18.0 Å². The second-order valence-corrected chi connectivity index (χ2v) is 5.15. The summed E-state index contributed by atoms with van der Waals surface area (Å²) in [4.78, 5) is 13.7. The van der Waals surface area contributed by atoms with Crippen LogP contribution in [0.1, 0.15) is 19.8 Å². The van der Waals surface area contributed by atoms with Crippen LogP contribution in [0, 0.1) is 5.92 Å². The molecule has 110 valence electrons. The van der Waals surface area contributed by atoms with Gasteiger partial charge in [0.25, 0.3) is 0 Å². The van der Waals surface area contributed by atoms with Gasteiger partial charge in [-0.2, -0.15) is 13.2 Å². The van der Waals surface area contributed by atoms with Gasteiger partial charge in [-0.15, -0.1) is 0 Å². The molecule has 0 bridgehead atoms. The number of rotatable bonds is 1. The van der Waals surface area contributed by atoms with Crippen molar-refractivity contribution in [3.63, 3.8) is 0 Å². The molecule has 0 aromatic heterocycles. The summed E-state index contributed by atoms with van der Waals surface area (Å²) in [6.45, 7) is 3.31. The molecular weight excluding hydrogens is 261 g/mol. The molecule has 2 saturated heterocycles. The second kappa shape index (κ2) is 5.66. The van der Waals surface area contributed by atoms with E-state index in [0.29, 0.717) is 13.2 Å². The average molecular weight is 280 g/mol. The summed E-state index contributed by atoms with van der Waals surface area (Å²) in [6.07, 6.45) is -4.38. The van der Waals surface area contributed by atoms with Crippen LogP contribution >= 0.6 is 0 Å². The molecule has 2 aliphatic rings. The van der Waals surface area contributed by atoms with Crippen molar-refractivity contribution in [2.75, 3.05) is 26.2 Å². The zero-order valence-corrected chi connectivity index (χ0v) is 10.9. The molecule has 19 heavy (non-hydrogen) atoms. The maximum atomic E-state index is 12.6. The first kappa shape index (κ1) is 14.6. The van der Waals surface area contributed by atoms with E-state index in [1.807, 2.05) is 0 Å². The van der Waals surface area contributed by atoms with E-state index >= 15 is 0 Å². The average Bonchev–Trinajstić information content (AvgIpc) is 2.38. The molecule has 0 aromatic rings. The number of piperidine rings is 1. The highest BCUT2D eigenvalue weighted by Gasteiger charge is 2.42. The number of carbonyl (C=O) groups is 1. The molecular formula is C12H19F3N2O2. The van der Waals surface area contributed by atoms with E-state index in [1.165, 1.54) is 4.90 Å². The fourth-order valence-corrected chi connectivity index (χ4v) is 2.63. The van der Waals surface area contributed by atoms with Crippen molar-refractivity contribution in [3.05, 3.63) is 0 Å². The standard InChI is InChI=1S/C12H19F3N2O2/c1-8-10(16-4-7-19-8)11(18)17-5-2-9(3-6-17)12(13,14)15/h8-10,16H,2-7H2,1H3/t8-,10+/m1/s1. The van der Waals surface area contributed by atoms with Gasteiger partial charge < -0.3 is 15.0 Å². The molecule has 0 saturated carbocycles. The fourth-order valence-electron chi connectivity index (χ4n) is 2.63. The van der Waals surface area contributed by atoms with E-state index in [0.717, 1.165) is 0 Å². The first-order chi connectivity index (χ1) is 8.89. The van der Waals surface area contributed by atoms with Crippen LogP contribution in [0.3, 0.4) is 0 Å². The van der Waals surface area contributed by atoms with Crippen molar-refractivity contribution in [1.29, 1.82) is 0 Å². The molecule has 0 radical (unpaired) electrons. The minimum Gasteiger partial charge on any atom is -0.375 e. The third-order valence-electron chi connectivity index (χ3n) is 3.85. The lowest BCUT2D eigenvalue weighted by atomic mass is 9.95. The quantitative estimate of drug-likeness (QED) is 0.784. The fraction of sp³-hybridized carbons (Fsp3) is 0.917. The summed E-state index contributed by atoms with van der Waals surface area (Å²) in [5, 5.41) is 3.07. The van der Waals surface area contributed by atoms with Gasteiger partial charge in [-0.3, -0.25) is 4.79 Å². The molecule has 0 unspecified atom stereocenters. The Balaban J connectivity index is 1.88. The Bertz CT molecular complexity index is 327. The SMILES string of the molecule is C[C@H]1OCCN[C@@H]1C(=O)N1CCC(C(F)(F)F)CC1. The molecule has 7 heteroatoms. The number of alkyl halides is 3. The van der Waals surface area contributed by atoms with Crippen molar-refractivity contribution in [2.24, 2.45) is 5.92 Å². The van der Waals surface area contributed by atoms with E-state index in [-0.39, 0.29) is 37.9 Å². The number of nitrogens with one attached hydrogen (secondary N) is 1. The van der Waals surface area contributed by atoms with Gasteiger partial charge in [-0.25, -0.2) is 0 Å². The van der Waals surface area contributed by atoms with Crippen molar-refractivity contribution in [1.82, 2.24) is 10.2 Å². The lowest BCUT2D eigenvalue weighted by molar-refractivity contribution is -0.187. The van der Waals surface area contributed by atoms with Crippen molar-refractivity contribution in [3.8, 4) is 0 Å². The number of amides is 1. The minimum absolute atomic E-state index is 0.00278. The van der Waals surface area contributed by atoms with Gasteiger partial charge >= 0.3 is 6.18 Å². The van der Waals surface area contributed by atoms with Gasteiger partial charge in [-0.1, -0.05) is 0 Å². The van der Waals surface area contributed by atoms with Crippen LogP contribution in [0.15, 0.2) is 0 Å². The molecule has 1 N–H and O–H groups in total. The highest BCUT2D eigenvalue weighted by Crippen LogP contribution is 2.34.